The Hall–Kier alpha value is -3.88. The standard InChI is InChI=1S/C22H22N8O/c23-20-25-21(26-22-24-19(27-30(20)22)18-9-5-11-31-18)29-14-16-8-4-10-28(16)13-17(29)12-15-6-2-1-3-7-15/h1-3,5-9,11,17H,4,10,12-14H2,(H2,23,24,25,26,27). The maximum absolute atomic E-state index is 6.26. The van der Waals surface area contributed by atoms with Crippen molar-refractivity contribution in [1.29, 1.82) is 0 Å². The molecule has 5 heterocycles. The molecule has 2 aliphatic rings. The molecule has 1 atom stereocenters. The van der Waals surface area contributed by atoms with E-state index in [1.165, 1.54) is 15.8 Å². The molecule has 6 rings (SSSR count). The molecule has 0 saturated carbocycles. The number of benzene rings is 1. The van der Waals surface area contributed by atoms with E-state index < -0.39 is 0 Å². The minimum Gasteiger partial charge on any atom is -0.461 e. The van der Waals surface area contributed by atoms with Crippen LogP contribution >= 0.6 is 0 Å². The van der Waals surface area contributed by atoms with Crippen molar-refractivity contribution in [3.63, 3.8) is 0 Å². The number of anilines is 2. The highest BCUT2D eigenvalue weighted by atomic mass is 16.3. The number of fused-ring (bicyclic) bond motifs is 2. The Balaban J connectivity index is 1.39. The third-order valence-electron chi connectivity index (χ3n) is 5.92. The van der Waals surface area contributed by atoms with Gasteiger partial charge in [0.1, 0.15) is 0 Å². The molecule has 31 heavy (non-hydrogen) atoms. The molecule has 0 spiro atoms. The molecular formula is C22H22N8O. The van der Waals surface area contributed by atoms with E-state index in [4.69, 9.17) is 15.1 Å². The Morgan fingerprint density at radius 3 is 2.81 bits per heavy atom. The second-order valence-corrected chi connectivity index (χ2v) is 7.91. The van der Waals surface area contributed by atoms with Gasteiger partial charge in [-0.15, -0.1) is 5.10 Å². The molecule has 9 nitrogen and oxygen atoms in total. The summed E-state index contributed by atoms with van der Waals surface area (Å²) >= 11 is 0. The van der Waals surface area contributed by atoms with Gasteiger partial charge in [-0.25, -0.2) is 0 Å². The van der Waals surface area contributed by atoms with E-state index in [0.717, 1.165) is 32.5 Å². The molecule has 2 N–H and O–H groups in total. The van der Waals surface area contributed by atoms with Gasteiger partial charge in [-0.1, -0.05) is 36.4 Å². The summed E-state index contributed by atoms with van der Waals surface area (Å²) in [5.74, 6) is 2.25. The van der Waals surface area contributed by atoms with Crippen molar-refractivity contribution in [2.75, 3.05) is 30.3 Å². The molecule has 0 amide bonds. The minimum absolute atomic E-state index is 0.229. The first-order chi connectivity index (χ1) is 15.2. The maximum Gasteiger partial charge on any atom is 0.259 e. The maximum atomic E-state index is 6.26. The van der Waals surface area contributed by atoms with Crippen molar-refractivity contribution >= 4 is 17.7 Å². The molecule has 0 aliphatic carbocycles. The normalized spacial score (nSPS) is 18.5. The van der Waals surface area contributed by atoms with Crippen molar-refractivity contribution in [3.05, 3.63) is 66.1 Å². The van der Waals surface area contributed by atoms with Crippen LogP contribution in [-0.4, -0.2) is 55.1 Å². The first-order valence-corrected chi connectivity index (χ1v) is 10.4. The monoisotopic (exact) mass is 414 g/mol. The Labute approximate surface area is 178 Å². The Morgan fingerprint density at radius 1 is 1.06 bits per heavy atom. The lowest BCUT2D eigenvalue weighted by Gasteiger charge is -2.42. The first-order valence-electron chi connectivity index (χ1n) is 10.4. The summed E-state index contributed by atoms with van der Waals surface area (Å²) in [6, 6.07) is 14.4. The highest BCUT2D eigenvalue weighted by molar-refractivity contribution is 5.54. The summed E-state index contributed by atoms with van der Waals surface area (Å²) in [4.78, 5) is 18.6. The van der Waals surface area contributed by atoms with E-state index >= 15 is 0 Å². The molecule has 0 bridgehead atoms. The molecule has 4 aromatic rings. The number of piperazine rings is 1. The number of furan rings is 1. The molecule has 2 aliphatic heterocycles. The second-order valence-electron chi connectivity index (χ2n) is 7.91. The molecule has 0 radical (unpaired) electrons. The third-order valence-corrected chi connectivity index (χ3v) is 5.92. The molecule has 1 unspecified atom stereocenters. The average molecular weight is 414 g/mol. The zero-order chi connectivity index (χ0) is 20.8. The van der Waals surface area contributed by atoms with Crippen molar-refractivity contribution < 1.29 is 4.42 Å². The molecule has 156 valence electrons. The van der Waals surface area contributed by atoms with E-state index in [9.17, 15) is 0 Å². The zero-order valence-corrected chi connectivity index (χ0v) is 16.9. The van der Waals surface area contributed by atoms with Crippen LogP contribution in [0.15, 0.2) is 64.9 Å². The average Bonchev–Trinajstić information content (AvgIpc) is 3.53. The van der Waals surface area contributed by atoms with Gasteiger partial charge in [-0.05, 0) is 30.5 Å². The summed E-state index contributed by atoms with van der Waals surface area (Å²) in [5.41, 5.74) is 8.88. The predicted molar refractivity (Wildman–Crippen MR) is 116 cm³/mol. The summed E-state index contributed by atoms with van der Waals surface area (Å²) in [7, 11) is 0. The smallest absolute Gasteiger partial charge is 0.259 e. The van der Waals surface area contributed by atoms with Crippen molar-refractivity contribution in [1.82, 2.24) is 29.5 Å². The largest absolute Gasteiger partial charge is 0.461 e. The van der Waals surface area contributed by atoms with Gasteiger partial charge in [0.2, 0.25) is 17.7 Å². The molecule has 3 aromatic heterocycles. The molecular weight excluding hydrogens is 392 g/mol. The van der Waals surface area contributed by atoms with Crippen molar-refractivity contribution in [2.24, 2.45) is 0 Å². The van der Waals surface area contributed by atoms with E-state index in [1.807, 2.05) is 6.07 Å². The summed E-state index contributed by atoms with van der Waals surface area (Å²) < 4.78 is 6.87. The van der Waals surface area contributed by atoms with E-state index in [-0.39, 0.29) is 12.0 Å². The number of nitrogen functional groups attached to an aromatic ring is 1. The Morgan fingerprint density at radius 2 is 1.97 bits per heavy atom. The Kier molecular flexibility index (Phi) is 4.12. The first kappa shape index (κ1) is 17.9. The zero-order valence-electron chi connectivity index (χ0n) is 16.9. The SMILES string of the molecule is Nc1nc(N2CC3=CCCN3CC2Cc2ccccc2)nc2nc(-c3ccco3)nn12. The fraction of sp³-hybridized carbons (Fsp3) is 0.273. The lowest BCUT2D eigenvalue weighted by atomic mass is 10.0. The lowest BCUT2D eigenvalue weighted by Crippen LogP contribution is -2.52. The number of rotatable bonds is 4. The predicted octanol–water partition coefficient (Wildman–Crippen LogP) is 2.38. The van der Waals surface area contributed by atoms with Crippen LogP contribution in [0.5, 0.6) is 0 Å². The highest BCUT2D eigenvalue weighted by Gasteiger charge is 2.33. The summed E-state index contributed by atoms with van der Waals surface area (Å²) in [5, 5.41) is 4.40. The van der Waals surface area contributed by atoms with Crippen LogP contribution in [0.1, 0.15) is 12.0 Å². The topological polar surface area (TPSA) is 102 Å². The van der Waals surface area contributed by atoms with Crippen LogP contribution in [0.3, 0.4) is 0 Å². The van der Waals surface area contributed by atoms with E-state index in [1.54, 1.807) is 18.4 Å². The number of nitrogens with zero attached hydrogens (tertiary/aromatic N) is 7. The minimum atomic E-state index is 0.229. The van der Waals surface area contributed by atoms with Gasteiger partial charge < -0.3 is 20.0 Å². The molecule has 9 heteroatoms. The van der Waals surface area contributed by atoms with Gasteiger partial charge in [-0.3, -0.25) is 0 Å². The van der Waals surface area contributed by atoms with E-state index in [0.29, 0.717) is 23.3 Å². The quantitative estimate of drug-likeness (QED) is 0.543. The van der Waals surface area contributed by atoms with Crippen LogP contribution < -0.4 is 10.6 Å². The van der Waals surface area contributed by atoms with Crippen LogP contribution in [-0.2, 0) is 6.42 Å². The molecule has 1 fully saturated rings. The molecule has 1 aromatic carbocycles. The number of hydrogen-bond acceptors (Lipinski definition) is 8. The van der Waals surface area contributed by atoms with Crippen molar-refractivity contribution in [3.8, 4) is 11.6 Å². The summed E-state index contributed by atoms with van der Waals surface area (Å²) in [6.45, 7) is 2.76. The van der Waals surface area contributed by atoms with Gasteiger partial charge in [-0.2, -0.15) is 19.5 Å². The fourth-order valence-electron chi connectivity index (χ4n) is 4.42. The highest BCUT2D eigenvalue weighted by Crippen LogP contribution is 2.29. The van der Waals surface area contributed by atoms with Gasteiger partial charge in [0.15, 0.2) is 5.76 Å². The van der Waals surface area contributed by atoms with Gasteiger partial charge in [0.25, 0.3) is 5.78 Å². The van der Waals surface area contributed by atoms with Crippen LogP contribution in [0, 0.1) is 0 Å². The Bertz CT molecular complexity index is 1250. The lowest BCUT2D eigenvalue weighted by molar-refractivity contribution is 0.297. The van der Waals surface area contributed by atoms with Crippen molar-refractivity contribution in [2.45, 2.75) is 18.9 Å². The van der Waals surface area contributed by atoms with Gasteiger partial charge in [0, 0.05) is 18.8 Å². The number of nitrogens with two attached hydrogens (primary N) is 1. The second kappa shape index (κ2) is 7.12. The van der Waals surface area contributed by atoms with Crippen LogP contribution in [0.2, 0.25) is 0 Å². The van der Waals surface area contributed by atoms with Gasteiger partial charge >= 0.3 is 0 Å². The molecule has 1 saturated heterocycles. The fourth-order valence-corrected chi connectivity index (χ4v) is 4.42. The van der Waals surface area contributed by atoms with Crippen LogP contribution in [0.25, 0.3) is 17.4 Å². The van der Waals surface area contributed by atoms with Crippen LogP contribution in [0.4, 0.5) is 11.9 Å². The number of aromatic nitrogens is 5. The summed E-state index contributed by atoms with van der Waals surface area (Å²) in [6.07, 6.45) is 5.88. The van der Waals surface area contributed by atoms with E-state index in [2.05, 4.69) is 55.2 Å². The number of hydrogen-bond donors (Lipinski definition) is 1. The third kappa shape index (κ3) is 3.18. The van der Waals surface area contributed by atoms with Gasteiger partial charge in [0.05, 0.1) is 18.8 Å².